The maximum absolute atomic E-state index is 13.5. The number of nitrogens with zero attached hydrogens (tertiary/aromatic N) is 2. The second-order valence-corrected chi connectivity index (χ2v) is 12.5. The Bertz CT molecular complexity index is 1110. The smallest absolute Gasteiger partial charge is 0.244 e. The molecule has 2 amide bonds. The SMILES string of the molecule is CCCNC(=O)[C@H](C)N(Cc1ccc(Br)cc1)C(=O)CN(c1ccc(C(C)(C)C)cc1)S(C)(=O)=O. The van der Waals surface area contributed by atoms with Crippen molar-refractivity contribution in [3.8, 4) is 0 Å². The summed E-state index contributed by atoms with van der Waals surface area (Å²) >= 11 is 3.40. The van der Waals surface area contributed by atoms with Crippen LogP contribution in [0.5, 0.6) is 0 Å². The number of halogens is 1. The molecule has 0 heterocycles. The number of hydrogen-bond donors (Lipinski definition) is 1. The Morgan fingerprint density at radius 3 is 2.09 bits per heavy atom. The van der Waals surface area contributed by atoms with Crippen LogP contribution in [0, 0.1) is 0 Å². The van der Waals surface area contributed by atoms with Crippen LogP contribution in [0.3, 0.4) is 0 Å². The second-order valence-electron chi connectivity index (χ2n) is 9.68. The van der Waals surface area contributed by atoms with Crippen molar-refractivity contribution < 1.29 is 18.0 Å². The molecule has 0 spiro atoms. The quantitative estimate of drug-likeness (QED) is 0.460. The van der Waals surface area contributed by atoms with Gasteiger partial charge in [0.05, 0.1) is 11.9 Å². The lowest BCUT2D eigenvalue weighted by molar-refractivity contribution is -0.139. The van der Waals surface area contributed by atoms with Gasteiger partial charge < -0.3 is 10.2 Å². The zero-order chi connectivity index (χ0) is 26.4. The van der Waals surface area contributed by atoms with Gasteiger partial charge in [-0.3, -0.25) is 13.9 Å². The van der Waals surface area contributed by atoms with Gasteiger partial charge >= 0.3 is 0 Å². The third-order valence-electron chi connectivity index (χ3n) is 5.68. The molecule has 1 N–H and O–H groups in total. The number of rotatable bonds is 10. The van der Waals surface area contributed by atoms with E-state index in [2.05, 4.69) is 42.0 Å². The summed E-state index contributed by atoms with van der Waals surface area (Å²) in [6.07, 6.45) is 1.85. The summed E-state index contributed by atoms with van der Waals surface area (Å²) in [6, 6.07) is 13.8. The van der Waals surface area contributed by atoms with Gasteiger partial charge in [0.25, 0.3) is 0 Å². The molecular weight excluding hydrogens is 530 g/mol. The summed E-state index contributed by atoms with van der Waals surface area (Å²) in [4.78, 5) is 27.7. The van der Waals surface area contributed by atoms with E-state index in [1.165, 1.54) is 4.90 Å². The van der Waals surface area contributed by atoms with Crippen LogP contribution in [-0.4, -0.2) is 50.5 Å². The van der Waals surface area contributed by atoms with E-state index in [0.717, 1.165) is 32.6 Å². The highest BCUT2D eigenvalue weighted by Crippen LogP contribution is 2.26. The Kier molecular flexibility index (Phi) is 9.92. The molecule has 2 rings (SSSR count). The third kappa shape index (κ3) is 8.35. The summed E-state index contributed by atoms with van der Waals surface area (Å²) in [6.45, 7) is 10.1. The summed E-state index contributed by atoms with van der Waals surface area (Å²) in [5.41, 5.74) is 2.20. The number of carbonyl (C=O) groups excluding carboxylic acids is 2. The van der Waals surface area contributed by atoms with Gasteiger partial charge in [0.2, 0.25) is 21.8 Å². The molecule has 2 aromatic rings. The van der Waals surface area contributed by atoms with Crippen LogP contribution < -0.4 is 9.62 Å². The summed E-state index contributed by atoms with van der Waals surface area (Å²) in [7, 11) is -3.75. The fourth-order valence-corrected chi connectivity index (χ4v) is 4.62. The maximum Gasteiger partial charge on any atom is 0.244 e. The van der Waals surface area contributed by atoms with Crippen molar-refractivity contribution in [2.45, 2.75) is 59.0 Å². The van der Waals surface area contributed by atoms with Crippen molar-refractivity contribution >= 4 is 43.5 Å². The highest BCUT2D eigenvalue weighted by molar-refractivity contribution is 9.10. The minimum absolute atomic E-state index is 0.0902. The molecular formula is C26H36BrN3O4S. The molecule has 0 fully saturated rings. The van der Waals surface area contributed by atoms with Gasteiger partial charge in [0.1, 0.15) is 12.6 Å². The van der Waals surface area contributed by atoms with E-state index in [0.29, 0.717) is 12.2 Å². The van der Waals surface area contributed by atoms with Crippen LogP contribution in [0.2, 0.25) is 0 Å². The van der Waals surface area contributed by atoms with Crippen LogP contribution in [0.25, 0.3) is 0 Å². The van der Waals surface area contributed by atoms with Crippen LogP contribution in [0.15, 0.2) is 53.0 Å². The summed E-state index contributed by atoms with van der Waals surface area (Å²) in [5.74, 6) is -0.741. The topological polar surface area (TPSA) is 86.8 Å². The zero-order valence-electron chi connectivity index (χ0n) is 21.3. The number of benzene rings is 2. The number of anilines is 1. The average molecular weight is 567 g/mol. The molecule has 2 aromatic carbocycles. The minimum Gasteiger partial charge on any atom is -0.354 e. The number of carbonyl (C=O) groups is 2. The molecule has 0 aliphatic heterocycles. The van der Waals surface area contributed by atoms with Crippen molar-refractivity contribution in [2.24, 2.45) is 0 Å². The highest BCUT2D eigenvalue weighted by atomic mass is 79.9. The number of hydrogen-bond acceptors (Lipinski definition) is 4. The lowest BCUT2D eigenvalue weighted by atomic mass is 9.87. The van der Waals surface area contributed by atoms with Gasteiger partial charge in [0, 0.05) is 17.6 Å². The molecule has 192 valence electrons. The van der Waals surface area contributed by atoms with Crippen molar-refractivity contribution in [3.63, 3.8) is 0 Å². The summed E-state index contributed by atoms with van der Waals surface area (Å²) < 4.78 is 27.4. The van der Waals surface area contributed by atoms with Gasteiger partial charge in [-0.2, -0.15) is 0 Å². The minimum atomic E-state index is -3.75. The van der Waals surface area contributed by atoms with Crippen LogP contribution >= 0.6 is 15.9 Å². The van der Waals surface area contributed by atoms with Gasteiger partial charge in [-0.25, -0.2) is 8.42 Å². The molecule has 0 aliphatic carbocycles. The van der Waals surface area contributed by atoms with Crippen molar-refractivity contribution in [2.75, 3.05) is 23.7 Å². The van der Waals surface area contributed by atoms with E-state index >= 15 is 0 Å². The van der Waals surface area contributed by atoms with Crippen LogP contribution in [0.4, 0.5) is 5.69 Å². The third-order valence-corrected chi connectivity index (χ3v) is 7.35. The molecule has 0 radical (unpaired) electrons. The van der Waals surface area contributed by atoms with E-state index in [1.807, 2.05) is 43.3 Å². The van der Waals surface area contributed by atoms with E-state index < -0.39 is 28.5 Å². The maximum atomic E-state index is 13.5. The monoisotopic (exact) mass is 565 g/mol. The standard InChI is InChI=1S/C26H36BrN3O4S/c1-7-16-28-25(32)19(2)29(17-20-8-12-22(27)13-9-20)24(31)18-30(35(6,33)34)23-14-10-21(11-15-23)26(3,4)5/h8-15,19H,7,16-18H2,1-6H3,(H,28,32)/t19-/m0/s1. The fraction of sp³-hybridized carbons (Fsp3) is 0.462. The van der Waals surface area contributed by atoms with Gasteiger partial charge in [-0.15, -0.1) is 0 Å². The van der Waals surface area contributed by atoms with E-state index in [-0.39, 0.29) is 17.9 Å². The molecule has 0 aromatic heterocycles. The predicted octanol–water partition coefficient (Wildman–Crippen LogP) is 4.46. The molecule has 35 heavy (non-hydrogen) atoms. The lowest BCUT2D eigenvalue weighted by Crippen LogP contribution is -2.51. The van der Waals surface area contributed by atoms with Crippen molar-refractivity contribution in [3.05, 3.63) is 64.1 Å². The first kappa shape index (κ1) is 28.8. The first-order chi connectivity index (χ1) is 16.2. The Hall–Kier alpha value is -2.39. The molecule has 7 nitrogen and oxygen atoms in total. The van der Waals surface area contributed by atoms with E-state index in [1.54, 1.807) is 19.1 Å². The Labute approximate surface area is 218 Å². The van der Waals surface area contributed by atoms with Crippen molar-refractivity contribution in [1.29, 1.82) is 0 Å². The second kappa shape index (κ2) is 12.0. The number of amides is 2. The highest BCUT2D eigenvalue weighted by Gasteiger charge is 2.30. The molecule has 0 bridgehead atoms. The molecule has 0 saturated carbocycles. The number of nitrogens with one attached hydrogen (secondary N) is 1. The van der Waals surface area contributed by atoms with Gasteiger partial charge in [-0.05, 0) is 54.2 Å². The van der Waals surface area contributed by atoms with E-state index in [9.17, 15) is 18.0 Å². The first-order valence-electron chi connectivity index (χ1n) is 11.6. The van der Waals surface area contributed by atoms with E-state index in [4.69, 9.17) is 0 Å². The number of sulfonamides is 1. The lowest BCUT2D eigenvalue weighted by Gasteiger charge is -2.31. The normalized spacial score (nSPS) is 12.7. The average Bonchev–Trinajstić information content (AvgIpc) is 2.78. The zero-order valence-corrected chi connectivity index (χ0v) is 23.7. The molecule has 0 aliphatic rings. The largest absolute Gasteiger partial charge is 0.354 e. The Balaban J connectivity index is 2.37. The molecule has 0 saturated heterocycles. The van der Waals surface area contributed by atoms with Gasteiger partial charge in [0.15, 0.2) is 0 Å². The Morgan fingerprint density at radius 2 is 1.60 bits per heavy atom. The predicted molar refractivity (Wildman–Crippen MR) is 145 cm³/mol. The fourth-order valence-electron chi connectivity index (χ4n) is 3.51. The summed E-state index contributed by atoms with van der Waals surface area (Å²) in [5, 5.41) is 2.83. The first-order valence-corrected chi connectivity index (χ1v) is 14.3. The van der Waals surface area contributed by atoms with Crippen LogP contribution in [-0.2, 0) is 31.6 Å². The molecule has 0 unspecified atom stereocenters. The molecule has 9 heteroatoms. The van der Waals surface area contributed by atoms with Gasteiger partial charge in [-0.1, -0.05) is 67.9 Å². The van der Waals surface area contributed by atoms with Crippen LogP contribution in [0.1, 0.15) is 52.2 Å². The Morgan fingerprint density at radius 1 is 1.03 bits per heavy atom. The van der Waals surface area contributed by atoms with Crippen molar-refractivity contribution in [1.82, 2.24) is 10.2 Å². The molecule has 1 atom stereocenters.